The average Bonchev–Trinajstić information content (AvgIpc) is 3.76. The number of ether oxygens (including phenoxy) is 3. The number of carbonyl (C=O) groups excluding carboxylic acids is 3. The Morgan fingerprint density at radius 1 is 1.10 bits per heavy atom. The maximum absolute atomic E-state index is 12.8. The molecule has 3 heterocycles. The molecule has 0 aromatic carbocycles. The van der Waals surface area contributed by atoms with Gasteiger partial charge < -0.3 is 66.0 Å². The maximum Gasteiger partial charge on any atom is 0.297 e. The number of amides is 1. The minimum Gasteiger partial charge on any atom is -0.547 e. The third-order valence-electron chi connectivity index (χ3n) is 14.8. The van der Waals surface area contributed by atoms with Crippen molar-refractivity contribution in [3.63, 3.8) is 0 Å². The Labute approximate surface area is 353 Å². The highest BCUT2D eigenvalue weighted by molar-refractivity contribution is 5.82. The molecular weight excluding hydrogens is 777 g/mol. The van der Waals surface area contributed by atoms with Crippen molar-refractivity contribution in [1.29, 1.82) is 0 Å². The number of hydrogen-bond acceptors (Lipinski definition) is 12. The molecule has 16 nitrogen and oxygen atoms in total. The van der Waals surface area contributed by atoms with Crippen molar-refractivity contribution in [3.8, 4) is 0 Å². The van der Waals surface area contributed by atoms with Crippen LogP contribution in [0.3, 0.4) is 0 Å². The summed E-state index contributed by atoms with van der Waals surface area (Å²) in [7, 11) is 2.04. The number of nitrogens with zero attached hydrogens (tertiary/aromatic N) is 1. The standard InChI is InChI=1S/C44H68N4O12/c1-46-18-17-28(9-5-8-26-6-3-2-4-7-26)30(20-27-16-19-47-22-27)23-48-24-43(56)42(60-38(41(54)55)39(52)44(43,57)25-49)58-32-14-15-33-34(21-32)59-37(40(45)53)35(36(33)51)29-10-12-31(50)13-11-29/h5,8,16,19,22,25-26,28-39,42,46,48,50-52,56-57H,2-4,6-7,9-15,17-18,20-21,23-24H2,1H3,(H2-,45,53,54,55)/p+3/t28-,29?,30-,31?,32?,33?,34?,35?,36?,37?,38-,39+,42+,43+,44-/m0/s1. The van der Waals surface area contributed by atoms with Gasteiger partial charge in [0.2, 0.25) is 11.7 Å². The first-order valence-corrected chi connectivity index (χ1v) is 22.6. The molecule has 2 saturated heterocycles. The predicted molar refractivity (Wildman–Crippen MR) is 216 cm³/mol. The number of carbonyl (C=O) groups is 3. The van der Waals surface area contributed by atoms with Crippen molar-refractivity contribution in [2.75, 3.05) is 26.7 Å². The van der Waals surface area contributed by atoms with E-state index in [2.05, 4.69) is 22.5 Å². The van der Waals surface area contributed by atoms with E-state index in [9.17, 15) is 45.0 Å². The van der Waals surface area contributed by atoms with Crippen LogP contribution in [0.15, 0.2) is 28.8 Å². The maximum atomic E-state index is 12.8. The fraction of sp³-hybridized carbons (Fsp3) is 0.795. The van der Waals surface area contributed by atoms with E-state index in [0.29, 0.717) is 57.4 Å². The number of quaternary nitrogens is 2. The van der Waals surface area contributed by atoms with Crippen molar-refractivity contribution in [2.24, 2.45) is 46.2 Å². The summed E-state index contributed by atoms with van der Waals surface area (Å²) >= 11 is 0. The minimum absolute atomic E-state index is 0.0327. The number of aliphatic carboxylic acids is 1. The molecule has 3 saturated carbocycles. The second-order valence-electron chi connectivity index (χ2n) is 18.6. The monoisotopic (exact) mass is 848 g/mol. The van der Waals surface area contributed by atoms with Gasteiger partial charge in [0, 0.05) is 25.2 Å². The number of rotatable bonds is 19. The van der Waals surface area contributed by atoms with Gasteiger partial charge in [0.1, 0.15) is 30.9 Å². The summed E-state index contributed by atoms with van der Waals surface area (Å²) in [6, 6.07) is 0. The lowest BCUT2D eigenvalue weighted by molar-refractivity contribution is -0.682. The number of fused-ring (bicyclic) bond motifs is 1. The fourth-order valence-electron chi connectivity index (χ4n) is 11.2. The molecule has 0 bridgehead atoms. The Morgan fingerprint density at radius 3 is 2.50 bits per heavy atom. The SMILES string of the molecule is C[NH2+]CC[C@H](CC=CC1CCCCC1)[C@H](C[NH2+]C[C@@]1(O)[C@H](OC2CCC3C(C2)[OH+]C(C(N)=O)C(C2CCC(O)CC2)C3O)O[C@H](C(=O)[O-])[C@@H](O)[C@@]1(O)C=O)CC1=C[CH+]N=C1. The molecule has 12 N–H and O–H groups in total. The Balaban J connectivity index is 1.19. The Hall–Kier alpha value is -2.77. The van der Waals surface area contributed by atoms with E-state index in [4.69, 9.17) is 19.9 Å². The summed E-state index contributed by atoms with van der Waals surface area (Å²) in [5.74, 6) is -2.51. The minimum atomic E-state index is -3.03. The molecule has 336 valence electrons. The number of aliphatic hydroxyl groups is 7. The second-order valence-corrected chi connectivity index (χ2v) is 18.6. The third-order valence-corrected chi connectivity index (χ3v) is 14.8. The van der Waals surface area contributed by atoms with Crippen molar-refractivity contribution in [2.45, 2.75) is 157 Å². The van der Waals surface area contributed by atoms with E-state index in [1.54, 1.807) is 11.9 Å². The van der Waals surface area contributed by atoms with Crippen LogP contribution >= 0.6 is 0 Å². The Bertz CT molecular complexity index is 1530. The zero-order valence-electron chi connectivity index (χ0n) is 35.1. The largest absolute Gasteiger partial charge is 0.547 e. The number of allylic oxidation sites excluding steroid dienone is 3. The van der Waals surface area contributed by atoms with Crippen LogP contribution in [0.5, 0.6) is 0 Å². The predicted octanol–water partition coefficient (Wildman–Crippen LogP) is -2.57. The number of aldehydes is 1. The third kappa shape index (κ3) is 10.5. The van der Waals surface area contributed by atoms with Gasteiger partial charge in [0.15, 0.2) is 30.5 Å². The summed E-state index contributed by atoms with van der Waals surface area (Å²) in [5.41, 5.74) is 1.27. The van der Waals surface area contributed by atoms with Gasteiger partial charge in [0.05, 0.1) is 62.3 Å². The topological polar surface area (TPSA) is 278 Å². The average molecular weight is 848 g/mol. The van der Waals surface area contributed by atoms with E-state index in [1.165, 1.54) is 32.1 Å². The second kappa shape index (κ2) is 21.1. The van der Waals surface area contributed by atoms with Gasteiger partial charge in [0.25, 0.3) is 5.91 Å². The highest BCUT2D eigenvalue weighted by atomic mass is 16.7. The molecule has 1 amide bonds. The van der Waals surface area contributed by atoms with Gasteiger partial charge in [-0.1, -0.05) is 31.4 Å². The van der Waals surface area contributed by atoms with Crippen LogP contribution in [0, 0.1) is 42.1 Å². The summed E-state index contributed by atoms with van der Waals surface area (Å²) < 4.78 is 16.9. The van der Waals surface area contributed by atoms with Crippen LogP contribution < -0.4 is 21.5 Å². The van der Waals surface area contributed by atoms with Crippen molar-refractivity contribution in [1.82, 2.24) is 0 Å². The van der Waals surface area contributed by atoms with E-state index in [0.717, 1.165) is 25.0 Å². The van der Waals surface area contributed by atoms with Crippen LogP contribution in [0.4, 0.5) is 0 Å². The Morgan fingerprint density at radius 2 is 1.85 bits per heavy atom. The molecule has 5 fully saturated rings. The molecule has 3 aliphatic carbocycles. The van der Waals surface area contributed by atoms with Crippen LogP contribution in [0.1, 0.15) is 96.3 Å². The Kier molecular flexibility index (Phi) is 16.4. The first-order chi connectivity index (χ1) is 28.8. The van der Waals surface area contributed by atoms with E-state index >= 15 is 0 Å². The lowest BCUT2D eigenvalue weighted by Gasteiger charge is -2.53. The number of primary amides is 1. The number of carboxylic acids is 1. The quantitative estimate of drug-likeness (QED) is 0.0290. The van der Waals surface area contributed by atoms with Gasteiger partial charge in [-0.3, -0.25) is 9.59 Å². The van der Waals surface area contributed by atoms with Gasteiger partial charge in [-0.15, -0.1) is 4.99 Å². The molecule has 0 aromatic rings. The molecule has 0 aromatic heterocycles. The zero-order valence-corrected chi connectivity index (χ0v) is 35.1. The highest BCUT2D eigenvalue weighted by Crippen LogP contribution is 2.46. The number of nitrogens with two attached hydrogens (primary N) is 3. The first kappa shape index (κ1) is 46.7. The summed E-state index contributed by atoms with van der Waals surface area (Å²) in [5, 5.41) is 73.4. The van der Waals surface area contributed by atoms with Gasteiger partial charge in [-0.05, 0) is 75.5 Å². The summed E-state index contributed by atoms with van der Waals surface area (Å²) in [6.07, 6.45) is 10.3. The van der Waals surface area contributed by atoms with Gasteiger partial charge in [-0.25, -0.2) is 0 Å². The first-order valence-electron chi connectivity index (χ1n) is 22.6. The lowest BCUT2D eigenvalue weighted by Crippen LogP contribution is -2.95. The van der Waals surface area contributed by atoms with E-state index < -0.39 is 84.6 Å². The molecule has 0 spiro atoms. The van der Waals surface area contributed by atoms with Crippen LogP contribution in [0.25, 0.3) is 0 Å². The van der Waals surface area contributed by atoms with E-state index in [1.807, 2.05) is 19.3 Å². The molecular formula is C44H71N4O12+3. The molecule has 13 atom stereocenters. The molecule has 6 rings (SSSR count). The number of carboxylic acid groups (broad SMARTS) is 1. The lowest BCUT2D eigenvalue weighted by atomic mass is 9.66. The van der Waals surface area contributed by atoms with Gasteiger partial charge in [-0.2, -0.15) is 0 Å². The molecule has 3 aliphatic heterocycles. The number of hydrogen-bond donors (Lipinski definition) is 8. The number of aliphatic hydroxyl groups excluding tert-OH is 3. The van der Waals surface area contributed by atoms with E-state index in [-0.39, 0.29) is 36.4 Å². The molecule has 16 heteroatoms. The molecule has 6 unspecified atom stereocenters. The highest BCUT2D eigenvalue weighted by Gasteiger charge is 2.68. The van der Waals surface area contributed by atoms with Crippen LogP contribution in [-0.4, -0.2) is 142 Å². The summed E-state index contributed by atoms with van der Waals surface area (Å²) in [6.45, 7) is 2.71. The molecule has 6 aliphatic rings. The van der Waals surface area contributed by atoms with Crippen LogP contribution in [-0.2, 0) is 23.9 Å². The molecule has 60 heavy (non-hydrogen) atoms. The summed E-state index contributed by atoms with van der Waals surface area (Å²) in [4.78, 5) is 42.1. The smallest absolute Gasteiger partial charge is 0.297 e. The van der Waals surface area contributed by atoms with Gasteiger partial charge >= 0.3 is 0 Å². The van der Waals surface area contributed by atoms with Crippen LogP contribution in [0.2, 0.25) is 0 Å². The van der Waals surface area contributed by atoms with Crippen molar-refractivity contribution in [3.05, 3.63) is 30.3 Å². The number of aliphatic imine (C=N–C) groups is 1. The fourth-order valence-corrected chi connectivity index (χ4v) is 11.2. The normalized spacial score (nSPS) is 39.7. The van der Waals surface area contributed by atoms with Crippen molar-refractivity contribution < 1.29 is 69.9 Å². The zero-order chi connectivity index (χ0) is 43.0. The van der Waals surface area contributed by atoms with Crippen molar-refractivity contribution >= 4 is 24.4 Å². The molecule has 0 radical (unpaired) electrons.